The lowest BCUT2D eigenvalue weighted by molar-refractivity contribution is -0.134. The summed E-state index contributed by atoms with van der Waals surface area (Å²) in [6.45, 7) is 0.593. The maximum Gasteiger partial charge on any atom is 0.349 e. The Kier molecular flexibility index (Phi) is 4.12. The number of aryl methyl sites for hydroxylation is 1. The standard InChI is InChI=1S/C11H12N2O6S2/c1-6-5-20-9(11(16)19-2)10(6)21(17,18)13-3-7(14)12-8(15)4-13/h5H,3-4H2,1-2H3,(H,12,14,15). The number of rotatable bonds is 3. The minimum atomic E-state index is -4.14. The zero-order chi connectivity index (χ0) is 15.8. The summed E-state index contributed by atoms with van der Waals surface area (Å²) >= 11 is 0.935. The van der Waals surface area contributed by atoms with Crippen molar-refractivity contribution in [1.82, 2.24) is 9.62 Å². The van der Waals surface area contributed by atoms with E-state index in [4.69, 9.17) is 0 Å². The number of imide groups is 1. The number of ether oxygens (including phenoxy) is 1. The fourth-order valence-corrected chi connectivity index (χ4v) is 4.91. The van der Waals surface area contributed by atoms with Gasteiger partial charge in [0, 0.05) is 0 Å². The topological polar surface area (TPSA) is 110 Å². The number of piperazine rings is 1. The first-order valence-corrected chi connectivity index (χ1v) is 8.08. The van der Waals surface area contributed by atoms with Crippen LogP contribution in [0.5, 0.6) is 0 Å². The molecule has 1 N–H and O–H groups in total. The highest BCUT2D eigenvalue weighted by Gasteiger charge is 2.37. The van der Waals surface area contributed by atoms with E-state index in [1.807, 2.05) is 5.32 Å². The fraction of sp³-hybridized carbons (Fsp3) is 0.364. The molecule has 0 aromatic carbocycles. The van der Waals surface area contributed by atoms with Crippen molar-refractivity contribution < 1.29 is 27.5 Å². The van der Waals surface area contributed by atoms with Crippen LogP contribution in [0.3, 0.4) is 0 Å². The average molecular weight is 332 g/mol. The van der Waals surface area contributed by atoms with Gasteiger partial charge in [0.05, 0.1) is 20.2 Å². The molecule has 1 aromatic heterocycles. The summed E-state index contributed by atoms with van der Waals surface area (Å²) in [6, 6.07) is 0. The molecule has 1 aliphatic heterocycles. The van der Waals surface area contributed by atoms with Crippen LogP contribution in [0.15, 0.2) is 10.3 Å². The molecular formula is C11H12N2O6S2. The largest absolute Gasteiger partial charge is 0.465 e. The van der Waals surface area contributed by atoms with E-state index in [9.17, 15) is 22.8 Å². The molecule has 0 aliphatic carbocycles. The molecule has 114 valence electrons. The molecule has 0 saturated carbocycles. The van der Waals surface area contributed by atoms with Gasteiger partial charge in [-0.2, -0.15) is 4.31 Å². The fourth-order valence-electron chi connectivity index (χ4n) is 1.90. The Morgan fingerprint density at radius 2 is 1.90 bits per heavy atom. The first kappa shape index (κ1) is 15.6. The van der Waals surface area contributed by atoms with Gasteiger partial charge < -0.3 is 4.74 Å². The van der Waals surface area contributed by atoms with Crippen molar-refractivity contribution in [3.8, 4) is 0 Å². The maximum absolute atomic E-state index is 12.6. The van der Waals surface area contributed by atoms with Gasteiger partial charge in [0.2, 0.25) is 21.8 Å². The minimum Gasteiger partial charge on any atom is -0.465 e. The first-order valence-electron chi connectivity index (χ1n) is 5.76. The monoisotopic (exact) mass is 332 g/mol. The quantitative estimate of drug-likeness (QED) is 0.590. The van der Waals surface area contributed by atoms with Crippen molar-refractivity contribution in [1.29, 1.82) is 0 Å². The molecule has 2 heterocycles. The maximum atomic E-state index is 12.6. The van der Waals surface area contributed by atoms with Crippen molar-refractivity contribution in [3.63, 3.8) is 0 Å². The predicted octanol–water partition coefficient (Wildman–Crippen LogP) is -0.510. The Balaban J connectivity index is 2.49. The lowest BCUT2D eigenvalue weighted by Gasteiger charge is -2.25. The third kappa shape index (κ3) is 2.82. The smallest absolute Gasteiger partial charge is 0.349 e. The summed E-state index contributed by atoms with van der Waals surface area (Å²) < 4.78 is 30.5. The van der Waals surface area contributed by atoms with Crippen molar-refractivity contribution in [3.05, 3.63) is 15.8 Å². The lowest BCUT2D eigenvalue weighted by atomic mass is 10.3. The number of hydrogen-bond donors (Lipinski definition) is 1. The van der Waals surface area contributed by atoms with E-state index in [0.717, 1.165) is 22.8 Å². The predicted molar refractivity (Wildman–Crippen MR) is 72.3 cm³/mol. The van der Waals surface area contributed by atoms with Crippen LogP contribution in [0.4, 0.5) is 0 Å². The van der Waals surface area contributed by atoms with Gasteiger partial charge in [-0.15, -0.1) is 11.3 Å². The summed E-state index contributed by atoms with van der Waals surface area (Å²) in [5.41, 5.74) is 0.360. The number of thiophene rings is 1. The molecule has 1 aliphatic rings. The van der Waals surface area contributed by atoms with Crippen LogP contribution in [0.25, 0.3) is 0 Å². The molecule has 8 nitrogen and oxygen atoms in total. The highest BCUT2D eigenvalue weighted by Crippen LogP contribution is 2.30. The van der Waals surface area contributed by atoms with Gasteiger partial charge in [-0.25, -0.2) is 13.2 Å². The molecule has 0 bridgehead atoms. The number of nitrogens with zero attached hydrogens (tertiary/aromatic N) is 1. The van der Waals surface area contributed by atoms with Crippen LogP contribution in [0.2, 0.25) is 0 Å². The Bertz CT molecular complexity index is 705. The van der Waals surface area contributed by atoms with E-state index in [0.29, 0.717) is 5.56 Å². The molecule has 0 radical (unpaired) electrons. The lowest BCUT2D eigenvalue weighted by Crippen LogP contribution is -2.53. The van der Waals surface area contributed by atoms with Crippen molar-refractivity contribution in [2.45, 2.75) is 11.8 Å². The van der Waals surface area contributed by atoms with Crippen LogP contribution in [-0.2, 0) is 24.3 Å². The Hall–Kier alpha value is -1.78. The molecule has 0 atom stereocenters. The average Bonchev–Trinajstić information content (AvgIpc) is 2.79. The van der Waals surface area contributed by atoms with Crippen molar-refractivity contribution in [2.24, 2.45) is 0 Å². The van der Waals surface area contributed by atoms with Gasteiger partial charge in [-0.1, -0.05) is 0 Å². The Morgan fingerprint density at radius 1 is 1.33 bits per heavy atom. The zero-order valence-corrected chi connectivity index (χ0v) is 12.8. The van der Waals surface area contributed by atoms with E-state index in [-0.39, 0.29) is 9.77 Å². The molecule has 10 heteroatoms. The Labute approximate surface area is 124 Å². The van der Waals surface area contributed by atoms with Crippen LogP contribution in [0.1, 0.15) is 15.2 Å². The summed E-state index contributed by atoms with van der Waals surface area (Å²) in [7, 11) is -3.00. The van der Waals surface area contributed by atoms with Crippen LogP contribution >= 0.6 is 11.3 Å². The van der Waals surface area contributed by atoms with Gasteiger partial charge in [0.1, 0.15) is 9.77 Å². The Morgan fingerprint density at radius 3 is 2.43 bits per heavy atom. The number of hydrogen-bond acceptors (Lipinski definition) is 7. The highest BCUT2D eigenvalue weighted by atomic mass is 32.2. The molecule has 0 unspecified atom stereocenters. The molecule has 0 spiro atoms. The number of amides is 2. The van der Waals surface area contributed by atoms with Gasteiger partial charge in [-0.05, 0) is 17.9 Å². The SMILES string of the molecule is COC(=O)c1scc(C)c1S(=O)(=O)N1CC(=O)NC(=O)C1. The van der Waals surface area contributed by atoms with Gasteiger partial charge in [0.15, 0.2) is 0 Å². The summed E-state index contributed by atoms with van der Waals surface area (Å²) in [5, 5.41) is 3.52. The molecule has 2 rings (SSSR count). The zero-order valence-electron chi connectivity index (χ0n) is 11.2. The molecule has 2 amide bonds. The van der Waals surface area contributed by atoms with E-state index < -0.39 is 40.9 Å². The van der Waals surface area contributed by atoms with Gasteiger partial charge >= 0.3 is 5.97 Å². The van der Waals surface area contributed by atoms with Crippen LogP contribution in [0, 0.1) is 6.92 Å². The number of nitrogens with one attached hydrogen (secondary N) is 1. The third-order valence-electron chi connectivity index (χ3n) is 2.81. The van der Waals surface area contributed by atoms with Crippen molar-refractivity contribution in [2.75, 3.05) is 20.2 Å². The highest BCUT2D eigenvalue weighted by molar-refractivity contribution is 7.89. The molecule has 1 aromatic rings. The van der Waals surface area contributed by atoms with E-state index in [2.05, 4.69) is 4.74 Å². The summed E-state index contributed by atoms with van der Waals surface area (Å²) in [5.74, 6) is -2.19. The molecular weight excluding hydrogens is 320 g/mol. The van der Waals surface area contributed by atoms with E-state index in [1.165, 1.54) is 12.3 Å². The summed E-state index contributed by atoms with van der Waals surface area (Å²) in [6.07, 6.45) is 0. The minimum absolute atomic E-state index is 0.0755. The molecule has 21 heavy (non-hydrogen) atoms. The number of carbonyl (C=O) groups excluding carboxylic acids is 3. The second-order valence-electron chi connectivity index (χ2n) is 4.31. The van der Waals surface area contributed by atoms with E-state index in [1.54, 1.807) is 0 Å². The second kappa shape index (κ2) is 5.54. The normalized spacial score (nSPS) is 16.7. The third-order valence-corrected chi connectivity index (χ3v) is 5.99. The van der Waals surface area contributed by atoms with Crippen LogP contribution < -0.4 is 5.32 Å². The second-order valence-corrected chi connectivity index (χ2v) is 7.07. The van der Waals surface area contributed by atoms with Crippen molar-refractivity contribution >= 4 is 39.1 Å². The van der Waals surface area contributed by atoms with Gasteiger partial charge in [-0.3, -0.25) is 14.9 Å². The molecule has 1 saturated heterocycles. The van der Waals surface area contributed by atoms with Gasteiger partial charge in [0.25, 0.3) is 0 Å². The first-order chi connectivity index (χ1) is 9.77. The van der Waals surface area contributed by atoms with E-state index >= 15 is 0 Å². The number of carbonyl (C=O) groups is 3. The molecule has 1 fully saturated rings. The number of sulfonamides is 1. The van der Waals surface area contributed by atoms with Crippen LogP contribution in [-0.4, -0.2) is 50.7 Å². The summed E-state index contributed by atoms with van der Waals surface area (Å²) in [4.78, 5) is 34.0. The number of esters is 1. The number of methoxy groups -OCH3 is 1.